The molecule has 1 aromatic rings. The number of unbranched alkanes of at least 4 members (excludes halogenated alkanes) is 1. The Kier molecular flexibility index (Phi) is 6.75. The Bertz CT molecular complexity index is 426. The van der Waals surface area contributed by atoms with E-state index in [4.69, 9.17) is 21.4 Å². The van der Waals surface area contributed by atoms with Gasteiger partial charge in [0, 0.05) is 12.2 Å². The lowest BCUT2D eigenvalue weighted by molar-refractivity contribution is -0.137. The summed E-state index contributed by atoms with van der Waals surface area (Å²) in [6.45, 7) is 0.653. The molecule has 0 fully saturated rings. The van der Waals surface area contributed by atoms with Crippen LogP contribution >= 0.6 is 27.5 Å². The number of hydrogen-bond donors (Lipinski definition) is 1. The number of alkyl halides is 2. The third-order valence-corrected chi connectivity index (χ3v) is 3.64. The molecule has 1 atom stereocenters. The lowest BCUT2D eigenvalue weighted by Crippen LogP contribution is -2.24. The summed E-state index contributed by atoms with van der Waals surface area (Å²) < 4.78 is 17.2. The molecule has 0 amide bonds. The maximum absolute atomic E-state index is 13.2. The van der Waals surface area contributed by atoms with Crippen molar-refractivity contribution in [2.45, 2.75) is 29.7 Å². The topological polar surface area (TPSA) is 46.5 Å². The van der Waals surface area contributed by atoms with E-state index in [9.17, 15) is 9.18 Å². The molecule has 1 unspecified atom stereocenters. The molecule has 1 rings (SSSR count). The van der Waals surface area contributed by atoms with Crippen molar-refractivity contribution in [1.29, 1.82) is 0 Å². The van der Waals surface area contributed by atoms with Gasteiger partial charge in [0.1, 0.15) is 5.82 Å². The third kappa shape index (κ3) is 5.89. The summed E-state index contributed by atoms with van der Waals surface area (Å²) in [5, 5.41) is 8.77. The van der Waals surface area contributed by atoms with Crippen molar-refractivity contribution in [3.63, 3.8) is 0 Å². The van der Waals surface area contributed by atoms with Gasteiger partial charge >= 0.3 is 5.97 Å². The number of benzene rings is 1. The molecule has 0 bridgehead atoms. The van der Waals surface area contributed by atoms with Crippen LogP contribution in [0.25, 0.3) is 0 Å². The van der Waals surface area contributed by atoms with Gasteiger partial charge in [-0.25, -0.2) is 9.18 Å². The van der Waals surface area contributed by atoms with Crippen LogP contribution in [0.3, 0.4) is 0 Å². The first kappa shape index (κ1) is 16.4. The van der Waals surface area contributed by atoms with Gasteiger partial charge < -0.3 is 9.84 Å². The van der Waals surface area contributed by atoms with Crippen molar-refractivity contribution >= 4 is 33.5 Å². The smallest absolute Gasteiger partial charge is 0.335 e. The third-order valence-electron chi connectivity index (χ3n) is 2.56. The van der Waals surface area contributed by atoms with E-state index in [1.807, 2.05) is 0 Å². The standard InChI is InChI=1S/C13H15BrClFO3/c14-13(15,12(17)18)7-3-4-8-19-9-10-5-1-2-6-11(10)16/h1-2,5-6H,3-4,7-9H2,(H,17,18). The Morgan fingerprint density at radius 3 is 2.74 bits per heavy atom. The van der Waals surface area contributed by atoms with Crippen molar-refractivity contribution in [2.75, 3.05) is 6.61 Å². The summed E-state index contributed by atoms with van der Waals surface area (Å²) in [6, 6.07) is 6.43. The molecule has 3 nitrogen and oxygen atoms in total. The van der Waals surface area contributed by atoms with Crippen molar-refractivity contribution in [1.82, 2.24) is 0 Å². The van der Waals surface area contributed by atoms with E-state index in [0.29, 0.717) is 31.4 Å². The van der Waals surface area contributed by atoms with E-state index < -0.39 is 9.75 Å². The fourth-order valence-corrected chi connectivity index (χ4v) is 1.87. The van der Waals surface area contributed by atoms with Crippen LogP contribution in [0, 0.1) is 5.82 Å². The van der Waals surface area contributed by atoms with Gasteiger partial charge in [0.15, 0.2) is 3.78 Å². The van der Waals surface area contributed by atoms with E-state index in [0.717, 1.165) is 0 Å². The zero-order valence-corrected chi connectivity index (χ0v) is 12.6. The van der Waals surface area contributed by atoms with Gasteiger partial charge in [-0.3, -0.25) is 0 Å². The van der Waals surface area contributed by atoms with Gasteiger partial charge in [-0.15, -0.1) is 0 Å². The average molecular weight is 354 g/mol. The molecular weight excluding hydrogens is 338 g/mol. The largest absolute Gasteiger partial charge is 0.479 e. The number of carbonyl (C=O) groups is 1. The Balaban J connectivity index is 2.16. The Morgan fingerprint density at radius 1 is 1.42 bits per heavy atom. The molecule has 0 aliphatic rings. The van der Waals surface area contributed by atoms with Gasteiger partial charge in [0.2, 0.25) is 0 Å². The van der Waals surface area contributed by atoms with Crippen molar-refractivity contribution < 1.29 is 19.0 Å². The minimum absolute atomic E-state index is 0.214. The van der Waals surface area contributed by atoms with Gasteiger partial charge in [-0.1, -0.05) is 45.7 Å². The normalized spacial score (nSPS) is 14.1. The highest BCUT2D eigenvalue weighted by Crippen LogP contribution is 2.30. The van der Waals surface area contributed by atoms with Crippen LogP contribution in [0.15, 0.2) is 24.3 Å². The minimum Gasteiger partial charge on any atom is -0.479 e. The molecule has 0 heterocycles. The van der Waals surface area contributed by atoms with E-state index in [1.54, 1.807) is 18.2 Å². The summed E-state index contributed by atoms with van der Waals surface area (Å²) in [7, 11) is 0. The molecule has 6 heteroatoms. The summed E-state index contributed by atoms with van der Waals surface area (Å²) in [4.78, 5) is 10.7. The van der Waals surface area contributed by atoms with Crippen molar-refractivity contribution in [2.24, 2.45) is 0 Å². The van der Waals surface area contributed by atoms with Crippen LogP contribution in [-0.2, 0) is 16.1 Å². The number of halogens is 3. The number of aliphatic carboxylic acids is 1. The van der Waals surface area contributed by atoms with Crippen molar-refractivity contribution in [3.05, 3.63) is 35.6 Å². The monoisotopic (exact) mass is 352 g/mol. The molecule has 0 radical (unpaired) electrons. The molecule has 1 aromatic carbocycles. The van der Waals surface area contributed by atoms with Gasteiger partial charge in [-0.2, -0.15) is 0 Å². The Hall–Kier alpha value is -0.650. The average Bonchev–Trinajstić information content (AvgIpc) is 2.35. The summed E-state index contributed by atoms with van der Waals surface area (Å²) in [5.41, 5.74) is 0.514. The van der Waals surface area contributed by atoms with Gasteiger partial charge in [0.05, 0.1) is 6.61 Å². The predicted octanol–water partition coefficient (Wildman–Crippen LogP) is 3.93. The quantitative estimate of drug-likeness (QED) is 0.569. The zero-order valence-electron chi connectivity index (χ0n) is 10.2. The molecular formula is C13H15BrClFO3. The predicted molar refractivity (Wildman–Crippen MR) is 75.1 cm³/mol. The number of rotatable bonds is 8. The highest BCUT2D eigenvalue weighted by atomic mass is 79.9. The number of carboxylic acid groups (broad SMARTS) is 1. The number of ether oxygens (including phenoxy) is 1. The fourth-order valence-electron chi connectivity index (χ4n) is 1.46. The van der Waals surface area contributed by atoms with E-state index in [-0.39, 0.29) is 12.4 Å². The highest BCUT2D eigenvalue weighted by molar-refractivity contribution is 9.10. The molecule has 106 valence electrons. The first-order chi connectivity index (χ1) is 8.93. The van der Waals surface area contributed by atoms with Gasteiger partial charge in [0.25, 0.3) is 0 Å². The summed E-state index contributed by atoms with van der Waals surface area (Å²) >= 11 is 8.66. The Labute approximate surface area is 124 Å². The first-order valence-electron chi connectivity index (χ1n) is 5.86. The summed E-state index contributed by atoms with van der Waals surface area (Å²) in [6.07, 6.45) is 1.58. The minimum atomic E-state index is -1.40. The SMILES string of the molecule is O=C(O)C(Cl)(Br)CCCCOCc1ccccc1F. The van der Waals surface area contributed by atoms with Crippen molar-refractivity contribution in [3.8, 4) is 0 Å². The molecule has 19 heavy (non-hydrogen) atoms. The summed E-state index contributed by atoms with van der Waals surface area (Å²) in [5.74, 6) is -1.38. The van der Waals surface area contributed by atoms with E-state index in [2.05, 4.69) is 15.9 Å². The second-order valence-corrected chi connectivity index (χ2v) is 6.57. The van der Waals surface area contributed by atoms with Crippen LogP contribution in [0.2, 0.25) is 0 Å². The lowest BCUT2D eigenvalue weighted by Gasteiger charge is -2.13. The highest BCUT2D eigenvalue weighted by Gasteiger charge is 2.31. The van der Waals surface area contributed by atoms with Crippen LogP contribution in [0.4, 0.5) is 4.39 Å². The fraction of sp³-hybridized carbons (Fsp3) is 0.462. The maximum atomic E-state index is 13.2. The molecule has 0 aromatic heterocycles. The van der Waals surface area contributed by atoms with E-state index >= 15 is 0 Å². The maximum Gasteiger partial charge on any atom is 0.335 e. The molecule has 0 saturated carbocycles. The number of hydrogen-bond acceptors (Lipinski definition) is 2. The van der Waals surface area contributed by atoms with Crippen LogP contribution in [0.5, 0.6) is 0 Å². The van der Waals surface area contributed by atoms with Crippen LogP contribution in [-0.4, -0.2) is 21.5 Å². The lowest BCUT2D eigenvalue weighted by atomic mass is 10.2. The van der Waals surface area contributed by atoms with Crippen LogP contribution < -0.4 is 0 Å². The van der Waals surface area contributed by atoms with Crippen LogP contribution in [0.1, 0.15) is 24.8 Å². The first-order valence-corrected chi connectivity index (χ1v) is 7.03. The second-order valence-electron chi connectivity index (χ2n) is 4.11. The van der Waals surface area contributed by atoms with Gasteiger partial charge in [-0.05, 0) is 25.3 Å². The molecule has 0 aliphatic heterocycles. The van der Waals surface area contributed by atoms with E-state index in [1.165, 1.54) is 6.07 Å². The number of carboxylic acids is 1. The molecule has 0 saturated heterocycles. The molecule has 0 aliphatic carbocycles. The second kappa shape index (κ2) is 7.82. The zero-order chi connectivity index (χ0) is 14.3. The Morgan fingerprint density at radius 2 is 2.11 bits per heavy atom. The molecule has 1 N–H and O–H groups in total. The molecule has 0 spiro atoms.